The van der Waals surface area contributed by atoms with E-state index >= 15 is 0 Å². The summed E-state index contributed by atoms with van der Waals surface area (Å²) in [6.45, 7) is 3.30. The number of halogens is 2. The molecular weight excluding hydrogens is 409 g/mol. The molecule has 1 aliphatic heterocycles. The minimum atomic E-state index is -0.0758. The zero-order chi connectivity index (χ0) is 20.2. The number of nitrogens with zero attached hydrogens (tertiary/aromatic N) is 2. The van der Waals surface area contributed by atoms with E-state index in [-0.39, 0.29) is 5.91 Å². The van der Waals surface area contributed by atoms with Gasteiger partial charge in [0.05, 0.1) is 0 Å². The molecule has 7 heteroatoms. The first-order chi connectivity index (χ1) is 14.1. The maximum atomic E-state index is 12.3. The number of hydrogen-bond donors (Lipinski definition) is 1. The summed E-state index contributed by atoms with van der Waals surface area (Å²) in [5.74, 6) is 0.667. The molecule has 29 heavy (non-hydrogen) atoms. The van der Waals surface area contributed by atoms with E-state index in [1.165, 1.54) is 12.8 Å². The van der Waals surface area contributed by atoms with Crippen molar-refractivity contribution >= 4 is 45.9 Å². The Bertz CT molecular complexity index is 1010. The Labute approximate surface area is 180 Å². The third-order valence-electron chi connectivity index (χ3n) is 5.19. The highest BCUT2D eigenvalue weighted by atomic mass is 35.5. The van der Waals surface area contributed by atoms with Crippen LogP contribution in [-0.4, -0.2) is 35.4 Å². The normalized spacial score (nSPS) is 14.6. The Morgan fingerprint density at radius 3 is 2.72 bits per heavy atom. The highest BCUT2D eigenvalue weighted by Gasteiger charge is 2.14. The van der Waals surface area contributed by atoms with E-state index in [9.17, 15) is 4.79 Å². The van der Waals surface area contributed by atoms with Crippen molar-refractivity contribution in [3.63, 3.8) is 0 Å². The topological polar surface area (TPSA) is 58.4 Å². The fourth-order valence-corrected chi connectivity index (χ4v) is 4.12. The highest BCUT2D eigenvalue weighted by Crippen LogP contribution is 2.23. The van der Waals surface area contributed by atoms with Crippen LogP contribution in [0.1, 0.15) is 30.7 Å². The lowest BCUT2D eigenvalue weighted by Crippen LogP contribution is -2.21. The second-order valence-electron chi connectivity index (χ2n) is 7.37. The number of carbonyl (C=O) groups is 1. The van der Waals surface area contributed by atoms with Crippen molar-refractivity contribution in [1.29, 1.82) is 0 Å². The molecule has 1 amide bonds. The van der Waals surface area contributed by atoms with Crippen molar-refractivity contribution in [3.8, 4) is 0 Å². The van der Waals surface area contributed by atoms with E-state index in [1.807, 2.05) is 24.3 Å². The molecule has 0 radical (unpaired) electrons. The van der Waals surface area contributed by atoms with Crippen molar-refractivity contribution in [1.82, 2.24) is 9.88 Å². The smallest absolute Gasteiger partial charge is 0.224 e. The number of benzene rings is 2. The largest absolute Gasteiger partial charge is 0.441 e. The number of rotatable bonds is 7. The minimum Gasteiger partial charge on any atom is -0.441 e. The Kier molecular flexibility index (Phi) is 6.38. The first-order valence-electron chi connectivity index (χ1n) is 9.92. The van der Waals surface area contributed by atoms with Crippen LogP contribution in [0.3, 0.4) is 0 Å². The van der Waals surface area contributed by atoms with Crippen LogP contribution in [0.5, 0.6) is 0 Å². The van der Waals surface area contributed by atoms with Crippen LogP contribution in [-0.2, 0) is 17.6 Å². The lowest BCUT2D eigenvalue weighted by molar-refractivity contribution is -0.116. The average Bonchev–Trinajstić information content (AvgIpc) is 3.34. The molecule has 152 valence electrons. The monoisotopic (exact) mass is 431 g/mol. The number of carbonyl (C=O) groups excluding carboxylic acids is 1. The van der Waals surface area contributed by atoms with Gasteiger partial charge in [-0.1, -0.05) is 29.3 Å². The van der Waals surface area contributed by atoms with Crippen molar-refractivity contribution < 1.29 is 9.21 Å². The van der Waals surface area contributed by atoms with E-state index in [2.05, 4.69) is 15.2 Å². The van der Waals surface area contributed by atoms with E-state index in [0.29, 0.717) is 28.6 Å². The molecule has 4 rings (SSSR count). The molecule has 1 aromatic heterocycles. The lowest BCUT2D eigenvalue weighted by atomic mass is 10.1. The van der Waals surface area contributed by atoms with Crippen LogP contribution in [0, 0.1) is 0 Å². The Morgan fingerprint density at radius 2 is 1.93 bits per heavy atom. The number of aromatic nitrogens is 1. The van der Waals surface area contributed by atoms with Gasteiger partial charge in [-0.2, -0.15) is 0 Å². The second kappa shape index (κ2) is 9.16. The molecule has 1 N–H and O–H groups in total. The number of amides is 1. The molecule has 0 bridgehead atoms. The van der Waals surface area contributed by atoms with Gasteiger partial charge in [0.25, 0.3) is 0 Å². The number of hydrogen-bond acceptors (Lipinski definition) is 4. The third-order valence-corrected chi connectivity index (χ3v) is 5.78. The molecular formula is C22H23Cl2N3O2. The fourth-order valence-electron chi connectivity index (χ4n) is 3.62. The maximum Gasteiger partial charge on any atom is 0.224 e. The van der Waals surface area contributed by atoms with Gasteiger partial charge in [-0.05, 0) is 68.2 Å². The summed E-state index contributed by atoms with van der Waals surface area (Å²) in [4.78, 5) is 19.3. The number of oxazole rings is 1. The molecule has 0 spiro atoms. The van der Waals surface area contributed by atoms with Gasteiger partial charge in [-0.15, -0.1) is 0 Å². The summed E-state index contributed by atoms with van der Waals surface area (Å²) >= 11 is 12.1. The number of nitrogens with one attached hydrogen (secondary N) is 1. The van der Waals surface area contributed by atoms with Crippen LogP contribution in [0.25, 0.3) is 11.1 Å². The summed E-state index contributed by atoms with van der Waals surface area (Å²) in [5.41, 5.74) is 3.12. The van der Waals surface area contributed by atoms with Gasteiger partial charge in [0.15, 0.2) is 11.5 Å². The van der Waals surface area contributed by atoms with E-state index in [1.54, 1.807) is 12.1 Å². The number of aryl methyl sites for hydroxylation is 1. The molecule has 3 aromatic rings. The molecule has 2 aromatic carbocycles. The van der Waals surface area contributed by atoms with E-state index < -0.39 is 0 Å². The van der Waals surface area contributed by atoms with Gasteiger partial charge in [0, 0.05) is 35.1 Å². The lowest BCUT2D eigenvalue weighted by Gasteiger charge is -2.12. The van der Waals surface area contributed by atoms with Crippen molar-refractivity contribution in [2.75, 3.05) is 25.0 Å². The van der Waals surface area contributed by atoms with E-state index in [0.717, 1.165) is 48.6 Å². The molecule has 5 nitrogen and oxygen atoms in total. The van der Waals surface area contributed by atoms with Crippen molar-refractivity contribution in [3.05, 3.63) is 57.9 Å². The molecule has 1 aliphatic rings. The zero-order valence-electron chi connectivity index (χ0n) is 16.1. The van der Waals surface area contributed by atoms with Crippen molar-refractivity contribution in [2.24, 2.45) is 0 Å². The molecule has 1 fully saturated rings. The van der Waals surface area contributed by atoms with Gasteiger partial charge < -0.3 is 14.6 Å². The first kappa shape index (κ1) is 20.2. The van der Waals surface area contributed by atoms with E-state index in [4.69, 9.17) is 27.6 Å². The Morgan fingerprint density at radius 1 is 1.10 bits per heavy atom. The summed E-state index contributed by atoms with van der Waals surface area (Å²) in [6.07, 6.45) is 4.24. The standard InChI is InChI=1S/C22H23Cl2N3O2/c23-16-5-3-15(18(24)13-16)4-8-21(28)25-17-6-7-20-19(14-17)26-22(29-20)9-12-27-10-1-2-11-27/h3,5-7,13-14H,1-2,4,8-12H2,(H,25,28). The molecule has 0 atom stereocenters. The SMILES string of the molecule is O=C(CCc1ccc(Cl)cc1Cl)Nc1ccc2oc(CCN3CCCC3)nc2c1. The van der Waals surface area contributed by atoms with Gasteiger partial charge in [-0.25, -0.2) is 4.98 Å². The quantitative estimate of drug-likeness (QED) is 0.547. The van der Waals surface area contributed by atoms with Crippen LogP contribution in [0.15, 0.2) is 40.8 Å². The zero-order valence-corrected chi connectivity index (χ0v) is 17.6. The maximum absolute atomic E-state index is 12.3. The molecule has 2 heterocycles. The van der Waals surface area contributed by atoms with Crippen molar-refractivity contribution in [2.45, 2.75) is 32.1 Å². The van der Waals surface area contributed by atoms with Crippen LogP contribution in [0.2, 0.25) is 10.0 Å². The molecule has 1 saturated heterocycles. The Balaban J connectivity index is 1.34. The summed E-state index contributed by atoms with van der Waals surface area (Å²) in [7, 11) is 0. The van der Waals surface area contributed by atoms with Gasteiger partial charge in [0.1, 0.15) is 5.52 Å². The second-order valence-corrected chi connectivity index (χ2v) is 8.22. The van der Waals surface area contributed by atoms with Gasteiger partial charge >= 0.3 is 0 Å². The summed E-state index contributed by atoms with van der Waals surface area (Å²) in [6, 6.07) is 10.9. The van der Waals surface area contributed by atoms with Gasteiger partial charge in [0.2, 0.25) is 5.91 Å². The number of likely N-dealkylation sites (tertiary alicyclic amines) is 1. The Hall–Kier alpha value is -2.08. The predicted octanol–water partition coefficient (Wildman–Crippen LogP) is 5.34. The predicted molar refractivity (Wildman–Crippen MR) is 117 cm³/mol. The molecule has 0 saturated carbocycles. The molecule has 0 aliphatic carbocycles. The van der Waals surface area contributed by atoms with Gasteiger partial charge in [-0.3, -0.25) is 4.79 Å². The fraction of sp³-hybridized carbons (Fsp3) is 0.364. The average molecular weight is 432 g/mol. The summed E-state index contributed by atoms with van der Waals surface area (Å²) < 4.78 is 5.84. The third kappa shape index (κ3) is 5.30. The molecule has 0 unspecified atom stereocenters. The minimum absolute atomic E-state index is 0.0758. The van der Waals surface area contributed by atoms with Crippen LogP contribution in [0.4, 0.5) is 5.69 Å². The van der Waals surface area contributed by atoms with Crippen LogP contribution < -0.4 is 5.32 Å². The number of anilines is 1. The summed E-state index contributed by atoms with van der Waals surface area (Å²) in [5, 5.41) is 4.09. The first-order valence-corrected chi connectivity index (χ1v) is 10.7. The van der Waals surface area contributed by atoms with Crippen LogP contribution >= 0.6 is 23.2 Å². The highest BCUT2D eigenvalue weighted by molar-refractivity contribution is 6.35. The number of fused-ring (bicyclic) bond motifs is 1.